The molecule has 0 aliphatic rings. The molecule has 0 bridgehead atoms. The Bertz CT molecular complexity index is 759. The van der Waals surface area contributed by atoms with E-state index in [9.17, 15) is 5.11 Å². The number of aliphatic hydroxyl groups excluding tert-OH is 1. The fourth-order valence-corrected chi connectivity index (χ4v) is 2.88. The van der Waals surface area contributed by atoms with E-state index >= 15 is 0 Å². The number of hydrogen-bond acceptors (Lipinski definition) is 2. The summed E-state index contributed by atoms with van der Waals surface area (Å²) in [5, 5.41) is 11.7. The monoisotopic (exact) mass is 277 g/mol. The van der Waals surface area contributed by atoms with Crippen molar-refractivity contribution < 1.29 is 5.11 Å². The summed E-state index contributed by atoms with van der Waals surface area (Å²) in [7, 11) is 0. The van der Waals surface area contributed by atoms with Gasteiger partial charge in [-0.05, 0) is 42.7 Å². The number of hydrogen-bond donors (Lipinski definition) is 1. The van der Waals surface area contributed by atoms with Gasteiger partial charge >= 0.3 is 0 Å². The minimum absolute atomic E-state index is 0.514. The molecule has 2 aromatic carbocycles. The molecular formula is C19H19NO. The molecule has 3 rings (SSSR count). The third-order valence-electron chi connectivity index (χ3n) is 3.93. The lowest BCUT2D eigenvalue weighted by Gasteiger charge is -2.16. The van der Waals surface area contributed by atoms with Crippen molar-refractivity contribution in [3.8, 4) is 0 Å². The molecule has 0 radical (unpaired) electrons. The first-order chi connectivity index (χ1) is 10.1. The summed E-state index contributed by atoms with van der Waals surface area (Å²) in [4.78, 5) is 4.64. The van der Waals surface area contributed by atoms with Crippen LogP contribution in [0, 0.1) is 13.8 Å². The van der Waals surface area contributed by atoms with Crippen molar-refractivity contribution in [3.63, 3.8) is 0 Å². The Labute approximate surface area is 125 Å². The van der Waals surface area contributed by atoms with Crippen molar-refractivity contribution in [2.24, 2.45) is 0 Å². The van der Waals surface area contributed by atoms with Crippen LogP contribution in [0.1, 0.15) is 28.5 Å². The SMILES string of the molecule is Cc1cccc(C)c1C(O)Cc1ccc2ccccc2n1. The van der Waals surface area contributed by atoms with Crippen LogP contribution < -0.4 is 0 Å². The standard InChI is InChI=1S/C19H19NO/c1-13-6-5-7-14(2)19(13)18(21)12-16-11-10-15-8-3-4-9-17(15)20-16/h3-11,18,21H,12H2,1-2H3. The summed E-state index contributed by atoms with van der Waals surface area (Å²) in [5.74, 6) is 0. The number of aliphatic hydroxyl groups is 1. The molecule has 0 saturated carbocycles. The number of aromatic nitrogens is 1. The van der Waals surface area contributed by atoms with Crippen molar-refractivity contribution >= 4 is 10.9 Å². The maximum atomic E-state index is 10.6. The lowest BCUT2D eigenvalue weighted by molar-refractivity contribution is 0.176. The van der Waals surface area contributed by atoms with Crippen molar-refractivity contribution in [2.45, 2.75) is 26.4 Å². The molecule has 0 spiro atoms. The summed E-state index contributed by atoms with van der Waals surface area (Å²) in [5.41, 5.74) is 5.17. The molecule has 0 aliphatic carbocycles. The van der Waals surface area contributed by atoms with Crippen molar-refractivity contribution in [1.29, 1.82) is 0 Å². The minimum Gasteiger partial charge on any atom is -0.388 e. The molecule has 1 N–H and O–H groups in total. The van der Waals surface area contributed by atoms with Gasteiger partial charge in [0.25, 0.3) is 0 Å². The number of benzene rings is 2. The Morgan fingerprint density at radius 1 is 0.905 bits per heavy atom. The van der Waals surface area contributed by atoms with E-state index in [1.165, 1.54) is 0 Å². The minimum atomic E-state index is -0.514. The first kappa shape index (κ1) is 13.8. The summed E-state index contributed by atoms with van der Waals surface area (Å²) in [6.45, 7) is 4.08. The smallest absolute Gasteiger partial charge is 0.0850 e. The summed E-state index contributed by atoms with van der Waals surface area (Å²) in [6, 6.07) is 18.2. The normalized spacial score (nSPS) is 12.5. The molecule has 3 aromatic rings. The first-order valence-corrected chi connectivity index (χ1v) is 7.24. The maximum Gasteiger partial charge on any atom is 0.0850 e. The Kier molecular flexibility index (Phi) is 3.72. The van der Waals surface area contributed by atoms with E-state index in [-0.39, 0.29) is 0 Å². The lowest BCUT2D eigenvalue weighted by atomic mass is 9.95. The van der Waals surface area contributed by atoms with Gasteiger partial charge in [-0.3, -0.25) is 4.98 Å². The van der Waals surface area contributed by atoms with Gasteiger partial charge in [0.1, 0.15) is 0 Å². The number of nitrogens with zero attached hydrogens (tertiary/aromatic N) is 1. The van der Waals surface area contributed by atoms with Crippen LogP contribution in [0.2, 0.25) is 0 Å². The number of aryl methyl sites for hydroxylation is 2. The lowest BCUT2D eigenvalue weighted by Crippen LogP contribution is -2.07. The van der Waals surface area contributed by atoms with E-state index in [4.69, 9.17) is 0 Å². The van der Waals surface area contributed by atoms with Crippen LogP contribution in [-0.4, -0.2) is 10.1 Å². The second-order valence-corrected chi connectivity index (χ2v) is 5.52. The van der Waals surface area contributed by atoms with Crippen LogP contribution in [0.5, 0.6) is 0 Å². The van der Waals surface area contributed by atoms with Crippen molar-refractivity contribution in [1.82, 2.24) is 4.98 Å². The fraction of sp³-hybridized carbons (Fsp3) is 0.211. The van der Waals surface area contributed by atoms with E-state index in [2.05, 4.69) is 11.1 Å². The predicted octanol–water partition coefficient (Wildman–Crippen LogP) is 4.13. The van der Waals surface area contributed by atoms with Gasteiger partial charge in [0.05, 0.1) is 11.6 Å². The zero-order chi connectivity index (χ0) is 14.8. The average molecular weight is 277 g/mol. The molecule has 1 aromatic heterocycles. The summed E-state index contributed by atoms with van der Waals surface area (Å²) < 4.78 is 0. The van der Waals surface area contributed by atoms with Crippen LogP contribution in [-0.2, 0) is 6.42 Å². The molecule has 106 valence electrons. The Morgan fingerprint density at radius 2 is 1.62 bits per heavy atom. The van der Waals surface area contributed by atoms with Gasteiger partial charge in [0, 0.05) is 17.5 Å². The van der Waals surface area contributed by atoms with Gasteiger partial charge in [0.15, 0.2) is 0 Å². The van der Waals surface area contributed by atoms with Crippen LogP contribution in [0.15, 0.2) is 54.6 Å². The zero-order valence-corrected chi connectivity index (χ0v) is 12.4. The molecule has 0 saturated heterocycles. The highest BCUT2D eigenvalue weighted by Gasteiger charge is 2.14. The van der Waals surface area contributed by atoms with Gasteiger partial charge in [-0.1, -0.05) is 42.5 Å². The van der Waals surface area contributed by atoms with Crippen LogP contribution in [0.4, 0.5) is 0 Å². The maximum absolute atomic E-state index is 10.6. The molecule has 2 heteroatoms. The van der Waals surface area contributed by atoms with Crippen LogP contribution >= 0.6 is 0 Å². The summed E-state index contributed by atoms with van der Waals surface area (Å²) in [6.07, 6.45) is 0.0242. The molecule has 1 heterocycles. The van der Waals surface area contributed by atoms with E-state index < -0.39 is 6.10 Å². The Hall–Kier alpha value is -2.19. The number of pyridine rings is 1. The molecule has 0 amide bonds. The highest BCUT2D eigenvalue weighted by atomic mass is 16.3. The van der Waals surface area contributed by atoms with Gasteiger partial charge in [-0.25, -0.2) is 0 Å². The first-order valence-electron chi connectivity index (χ1n) is 7.24. The quantitative estimate of drug-likeness (QED) is 0.781. The molecular weight excluding hydrogens is 258 g/mol. The molecule has 21 heavy (non-hydrogen) atoms. The van der Waals surface area contributed by atoms with E-state index in [1.807, 2.05) is 62.4 Å². The third kappa shape index (κ3) is 2.81. The predicted molar refractivity (Wildman–Crippen MR) is 86.3 cm³/mol. The van der Waals surface area contributed by atoms with Crippen LogP contribution in [0.3, 0.4) is 0 Å². The largest absolute Gasteiger partial charge is 0.388 e. The molecule has 1 atom stereocenters. The fourth-order valence-electron chi connectivity index (χ4n) is 2.88. The molecule has 0 fully saturated rings. The van der Waals surface area contributed by atoms with E-state index in [0.29, 0.717) is 6.42 Å². The number of para-hydroxylation sites is 1. The highest BCUT2D eigenvalue weighted by molar-refractivity contribution is 5.78. The highest BCUT2D eigenvalue weighted by Crippen LogP contribution is 2.25. The van der Waals surface area contributed by atoms with Gasteiger partial charge in [-0.15, -0.1) is 0 Å². The summed E-state index contributed by atoms with van der Waals surface area (Å²) >= 11 is 0. The zero-order valence-electron chi connectivity index (χ0n) is 12.4. The van der Waals surface area contributed by atoms with Gasteiger partial charge < -0.3 is 5.11 Å². The Balaban J connectivity index is 1.91. The molecule has 2 nitrogen and oxygen atoms in total. The second-order valence-electron chi connectivity index (χ2n) is 5.52. The number of rotatable bonds is 3. The third-order valence-corrected chi connectivity index (χ3v) is 3.93. The molecule has 1 unspecified atom stereocenters. The van der Waals surface area contributed by atoms with E-state index in [1.54, 1.807) is 0 Å². The Morgan fingerprint density at radius 3 is 2.38 bits per heavy atom. The van der Waals surface area contributed by atoms with Crippen LogP contribution in [0.25, 0.3) is 10.9 Å². The van der Waals surface area contributed by atoms with Gasteiger partial charge in [-0.2, -0.15) is 0 Å². The topological polar surface area (TPSA) is 33.1 Å². The molecule has 0 aliphatic heterocycles. The number of fused-ring (bicyclic) bond motifs is 1. The van der Waals surface area contributed by atoms with Crippen molar-refractivity contribution in [3.05, 3.63) is 77.0 Å². The van der Waals surface area contributed by atoms with Gasteiger partial charge in [0.2, 0.25) is 0 Å². The second kappa shape index (κ2) is 5.66. The average Bonchev–Trinajstić information content (AvgIpc) is 2.47. The van der Waals surface area contributed by atoms with Crippen molar-refractivity contribution in [2.75, 3.05) is 0 Å². The van der Waals surface area contributed by atoms with E-state index in [0.717, 1.165) is 33.3 Å².